The number of aromatic nitrogens is 2. The molecule has 6 heteroatoms. The summed E-state index contributed by atoms with van der Waals surface area (Å²) < 4.78 is 4.66. The van der Waals surface area contributed by atoms with Crippen LogP contribution < -0.4 is 52.9 Å². The zero-order valence-electron chi connectivity index (χ0n) is 24.5. The first-order valence-corrected chi connectivity index (χ1v) is 13.8. The van der Waals surface area contributed by atoms with Gasteiger partial charge in [0.2, 0.25) is 11.0 Å². The van der Waals surface area contributed by atoms with Crippen molar-refractivity contribution in [2.45, 2.75) is 13.1 Å². The smallest absolute Gasteiger partial charge is 0.214 e. The van der Waals surface area contributed by atoms with Gasteiger partial charge in [-0.05, 0) is 23.3 Å². The molecule has 0 aliphatic heterocycles. The van der Waals surface area contributed by atoms with Crippen LogP contribution in [0.4, 0.5) is 11.4 Å². The molecule has 6 rings (SSSR count). The molecule has 6 aromatic rings. The summed E-state index contributed by atoms with van der Waals surface area (Å²) in [5, 5.41) is 2.54. The van der Waals surface area contributed by atoms with Crippen LogP contribution in [0.5, 0.6) is 0 Å². The highest BCUT2D eigenvalue weighted by Crippen LogP contribution is 2.25. The van der Waals surface area contributed by atoms with E-state index in [0.717, 1.165) is 13.1 Å². The Labute approximate surface area is 270 Å². The van der Waals surface area contributed by atoms with Crippen LogP contribution in [-0.4, -0.2) is 28.2 Å². The van der Waals surface area contributed by atoms with Crippen LogP contribution in [0.2, 0.25) is 0 Å². The summed E-state index contributed by atoms with van der Waals surface area (Å²) in [5.41, 5.74) is 10.0. The summed E-state index contributed by atoms with van der Waals surface area (Å²) in [6.07, 6.45) is 4.39. The molecule has 4 nitrogen and oxygen atoms in total. The van der Waals surface area contributed by atoms with Crippen LogP contribution in [0.15, 0.2) is 122 Å². The molecule has 0 saturated heterocycles. The maximum atomic E-state index is 2.33. The second-order valence-corrected chi connectivity index (χ2v) is 10.9. The number of fused-ring (bicyclic) bond motifs is 2. The van der Waals surface area contributed by atoms with Gasteiger partial charge in [0, 0.05) is 63.6 Å². The maximum Gasteiger partial charge on any atom is 0.214 e. The van der Waals surface area contributed by atoms with Gasteiger partial charge in [0.15, 0.2) is 25.5 Å². The molecule has 4 aromatic carbocycles. The lowest BCUT2D eigenvalue weighted by atomic mass is 10.0. The molecule has 0 aliphatic rings. The Morgan fingerprint density at radius 2 is 0.810 bits per heavy atom. The van der Waals surface area contributed by atoms with Crippen molar-refractivity contribution in [2.75, 3.05) is 38.0 Å². The number of nitrogens with zero attached hydrogens (tertiary/aromatic N) is 4. The van der Waals surface area contributed by atoms with Crippen molar-refractivity contribution in [1.82, 2.24) is 0 Å². The van der Waals surface area contributed by atoms with E-state index in [0.29, 0.717) is 0 Å². The third-order valence-electron chi connectivity index (χ3n) is 7.71. The van der Waals surface area contributed by atoms with Crippen LogP contribution in [0, 0.1) is 0 Å². The molecule has 0 spiro atoms. The predicted octanol–water partition coefficient (Wildman–Crippen LogP) is 0.472. The molecule has 0 saturated carbocycles. The minimum atomic E-state index is 0. The van der Waals surface area contributed by atoms with Gasteiger partial charge in [-0.15, -0.1) is 0 Å². The zero-order valence-corrected chi connectivity index (χ0v) is 27.7. The summed E-state index contributed by atoms with van der Waals surface area (Å²) in [7, 11) is 8.39. The van der Waals surface area contributed by atoms with Crippen LogP contribution >= 0.6 is 0 Å². The third kappa shape index (κ3) is 6.35. The molecule has 0 aliphatic carbocycles. The first-order chi connectivity index (χ1) is 19.5. The Morgan fingerprint density at radius 3 is 1.17 bits per heavy atom. The van der Waals surface area contributed by atoms with E-state index in [1.165, 1.54) is 55.4 Å². The monoisotopic (exact) mass is 682 g/mol. The Kier molecular flexibility index (Phi) is 10.0. The Morgan fingerprint density at radius 1 is 0.452 bits per heavy atom. The summed E-state index contributed by atoms with van der Waals surface area (Å²) in [5.74, 6) is 0. The molecule has 2 aromatic heterocycles. The molecule has 0 amide bonds. The van der Waals surface area contributed by atoms with E-state index < -0.39 is 0 Å². The van der Waals surface area contributed by atoms with E-state index in [1.54, 1.807) is 0 Å². The minimum absolute atomic E-state index is 0. The van der Waals surface area contributed by atoms with Gasteiger partial charge in [0.05, 0.1) is 22.1 Å². The minimum Gasteiger partial charge on any atom is -1.00 e. The molecule has 0 N–H and O–H groups in total. The van der Waals surface area contributed by atoms with Crippen molar-refractivity contribution >= 4 is 33.2 Å². The van der Waals surface area contributed by atoms with E-state index >= 15 is 0 Å². The van der Waals surface area contributed by atoms with Crippen LogP contribution in [-0.2, 0) is 13.1 Å². The fourth-order valence-electron chi connectivity index (χ4n) is 5.60. The highest BCUT2D eigenvalue weighted by atomic mass is 79.9. The molecule has 0 radical (unpaired) electrons. The van der Waals surface area contributed by atoms with Gasteiger partial charge in [-0.25, -0.2) is 0 Å². The van der Waals surface area contributed by atoms with Crippen LogP contribution in [0.25, 0.3) is 32.9 Å². The van der Waals surface area contributed by atoms with Gasteiger partial charge in [-0.1, -0.05) is 72.8 Å². The SMILES string of the molecule is CN(C)c1cc[n+](Cc2ccc(-c3ccc(C[n+]4ccc(N(C)C)c5ccccc54)cc3)cc2)c2ccccc12.[Br-].[Br-]. The Balaban J connectivity index is 0.00000202. The van der Waals surface area contributed by atoms with E-state index in [-0.39, 0.29) is 34.0 Å². The van der Waals surface area contributed by atoms with Gasteiger partial charge in [0.25, 0.3) is 0 Å². The number of anilines is 2. The van der Waals surface area contributed by atoms with Crippen molar-refractivity contribution in [2.24, 2.45) is 0 Å². The number of pyridine rings is 2. The van der Waals surface area contributed by atoms with Crippen LogP contribution in [0.1, 0.15) is 11.1 Å². The largest absolute Gasteiger partial charge is 1.00 e. The van der Waals surface area contributed by atoms with Crippen molar-refractivity contribution in [3.8, 4) is 11.1 Å². The maximum absolute atomic E-state index is 2.33. The number of hydrogen-bond donors (Lipinski definition) is 0. The molecular weight excluding hydrogens is 648 g/mol. The molecular formula is C36H36Br2N4. The Bertz CT molecular complexity index is 1660. The summed E-state index contributed by atoms with van der Waals surface area (Å²) in [4.78, 5) is 4.35. The molecule has 214 valence electrons. The quantitative estimate of drug-likeness (QED) is 0.228. The summed E-state index contributed by atoms with van der Waals surface area (Å²) in [6.45, 7) is 1.68. The van der Waals surface area contributed by atoms with Gasteiger partial charge >= 0.3 is 0 Å². The number of rotatable bonds is 7. The van der Waals surface area contributed by atoms with E-state index in [4.69, 9.17) is 0 Å². The lowest BCUT2D eigenvalue weighted by molar-refractivity contribution is -0.662. The van der Waals surface area contributed by atoms with Gasteiger partial charge in [0.1, 0.15) is 0 Å². The lowest BCUT2D eigenvalue weighted by Crippen LogP contribution is -3.00. The van der Waals surface area contributed by atoms with E-state index in [9.17, 15) is 0 Å². The molecule has 0 unspecified atom stereocenters. The number of halogens is 2. The van der Waals surface area contributed by atoms with Crippen molar-refractivity contribution in [3.63, 3.8) is 0 Å². The molecule has 0 fully saturated rings. The van der Waals surface area contributed by atoms with Crippen LogP contribution in [0.3, 0.4) is 0 Å². The topological polar surface area (TPSA) is 14.2 Å². The molecule has 42 heavy (non-hydrogen) atoms. The molecule has 0 atom stereocenters. The lowest BCUT2D eigenvalue weighted by Gasteiger charge is -2.14. The fourth-order valence-corrected chi connectivity index (χ4v) is 5.60. The van der Waals surface area contributed by atoms with Crippen molar-refractivity contribution in [3.05, 3.63) is 133 Å². The molecule has 2 heterocycles. The van der Waals surface area contributed by atoms with Crippen molar-refractivity contribution in [1.29, 1.82) is 0 Å². The fraction of sp³-hybridized carbons (Fsp3) is 0.167. The average Bonchev–Trinajstić information content (AvgIpc) is 2.98. The second kappa shape index (κ2) is 13.5. The predicted molar refractivity (Wildman–Crippen MR) is 167 cm³/mol. The van der Waals surface area contributed by atoms with E-state index in [1.807, 2.05) is 0 Å². The number of benzene rings is 4. The Hall–Kier alpha value is -3.74. The highest BCUT2D eigenvalue weighted by Gasteiger charge is 2.15. The van der Waals surface area contributed by atoms with Crippen molar-refractivity contribution < 1.29 is 43.1 Å². The van der Waals surface area contributed by atoms with Gasteiger partial charge in [-0.2, -0.15) is 9.13 Å². The van der Waals surface area contributed by atoms with Gasteiger partial charge in [-0.3, -0.25) is 0 Å². The normalized spacial score (nSPS) is 10.7. The standard InChI is InChI=1S/C36H36N4.2BrH/c1-37(2)33-21-23-39(35-11-7-5-9-31(33)35)25-27-13-17-29(18-14-27)30-19-15-28(16-20-30)26-40-24-22-34(38(3)4)32-10-6-8-12-36(32)40;;/h5-24H,25-26H2,1-4H3;2*1H/q+2;;/p-2. The summed E-state index contributed by atoms with van der Waals surface area (Å²) >= 11 is 0. The zero-order chi connectivity index (χ0) is 27.6. The first kappa shape index (κ1) is 31.2. The molecule has 0 bridgehead atoms. The average molecular weight is 685 g/mol. The number of hydrogen-bond acceptors (Lipinski definition) is 2. The second-order valence-electron chi connectivity index (χ2n) is 10.9. The number of para-hydroxylation sites is 2. The highest BCUT2D eigenvalue weighted by molar-refractivity contribution is 5.90. The van der Waals surface area contributed by atoms with E-state index in [2.05, 4.69) is 169 Å². The first-order valence-electron chi connectivity index (χ1n) is 13.8. The summed E-state index contributed by atoms with van der Waals surface area (Å²) in [6, 6.07) is 39.6. The van der Waals surface area contributed by atoms with Gasteiger partial charge < -0.3 is 43.8 Å². The third-order valence-corrected chi connectivity index (χ3v) is 7.71.